The first-order valence-electron chi connectivity index (χ1n) is 10.8. The van der Waals surface area contributed by atoms with Crippen LogP contribution in [0, 0.1) is 0 Å². The molecule has 5 nitrogen and oxygen atoms in total. The number of amides is 2. The van der Waals surface area contributed by atoms with E-state index in [1.165, 1.54) is 17.5 Å². The van der Waals surface area contributed by atoms with E-state index in [-0.39, 0.29) is 24.7 Å². The van der Waals surface area contributed by atoms with Crippen molar-refractivity contribution < 1.29 is 9.59 Å². The van der Waals surface area contributed by atoms with Gasteiger partial charge in [-0.3, -0.25) is 9.59 Å². The van der Waals surface area contributed by atoms with E-state index in [9.17, 15) is 9.59 Å². The van der Waals surface area contributed by atoms with Gasteiger partial charge in [0.1, 0.15) is 0 Å². The third kappa shape index (κ3) is 5.18. The van der Waals surface area contributed by atoms with Gasteiger partial charge in [0.25, 0.3) is 0 Å². The lowest BCUT2D eigenvalue weighted by Crippen LogP contribution is -2.23. The highest BCUT2D eigenvalue weighted by Crippen LogP contribution is 2.28. The molecule has 0 aliphatic heterocycles. The Balaban J connectivity index is 1.33. The number of hydrazone groups is 1. The van der Waals surface area contributed by atoms with Crippen molar-refractivity contribution in [1.29, 1.82) is 0 Å². The van der Waals surface area contributed by atoms with Crippen molar-refractivity contribution in [2.75, 3.05) is 5.32 Å². The number of hydrogen-bond donors (Lipinski definition) is 2. The van der Waals surface area contributed by atoms with Crippen molar-refractivity contribution in [2.24, 2.45) is 5.10 Å². The minimum atomic E-state index is -0.201. The Hall–Kier alpha value is -3.47. The minimum absolute atomic E-state index is 0.122. The zero-order valence-corrected chi connectivity index (χ0v) is 17.8. The molecule has 0 fully saturated rings. The number of nitrogens with one attached hydrogen (secondary N) is 2. The van der Waals surface area contributed by atoms with Crippen LogP contribution in [0.15, 0.2) is 65.8 Å². The summed E-state index contributed by atoms with van der Waals surface area (Å²) in [5.41, 5.74) is 7.58. The quantitative estimate of drug-likeness (QED) is 0.451. The zero-order chi connectivity index (χ0) is 21.6. The Bertz CT molecular complexity index is 1150. The molecule has 31 heavy (non-hydrogen) atoms. The van der Waals surface area contributed by atoms with E-state index in [4.69, 9.17) is 0 Å². The Kier molecular flexibility index (Phi) is 6.41. The Morgan fingerprint density at radius 3 is 2.58 bits per heavy atom. The first kappa shape index (κ1) is 20.8. The highest BCUT2D eigenvalue weighted by atomic mass is 16.2. The summed E-state index contributed by atoms with van der Waals surface area (Å²) in [6.07, 6.45) is 4.81. The number of carbonyl (C=O) groups excluding carboxylic acids is 2. The van der Waals surface area contributed by atoms with E-state index >= 15 is 0 Å². The SMILES string of the molecule is C/C(CC(=O)Nc1cccc2c1CCCC2)=N\NC(=O)Cc1cccc2ccccc12. The van der Waals surface area contributed by atoms with Gasteiger partial charge in [-0.15, -0.1) is 0 Å². The molecular weight excluding hydrogens is 386 g/mol. The minimum Gasteiger partial charge on any atom is -0.325 e. The van der Waals surface area contributed by atoms with Gasteiger partial charge in [-0.2, -0.15) is 5.10 Å². The van der Waals surface area contributed by atoms with E-state index < -0.39 is 0 Å². The van der Waals surface area contributed by atoms with Gasteiger partial charge in [-0.05, 0) is 66.1 Å². The van der Waals surface area contributed by atoms with Gasteiger partial charge < -0.3 is 5.32 Å². The second-order valence-corrected chi connectivity index (χ2v) is 8.07. The van der Waals surface area contributed by atoms with E-state index in [0.29, 0.717) is 5.71 Å². The van der Waals surface area contributed by atoms with Crippen molar-refractivity contribution in [3.05, 3.63) is 77.4 Å². The van der Waals surface area contributed by atoms with Crippen LogP contribution in [0.3, 0.4) is 0 Å². The number of rotatable bonds is 6. The smallest absolute Gasteiger partial charge is 0.244 e. The van der Waals surface area contributed by atoms with Crippen LogP contribution in [-0.4, -0.2) is 17.5 Å². The molecule has 3 aromatic carbocycles. The summed E-state index contributed by atoms with van der Waals surface area (Å²) < 4.78 is 0. The van der Waals surface area contributed by atoms with Crippen LogP contribution >= 0.6 is 0 Å². The summed E-state index contributed by atoms with van der Waals surface area (Å²) in [5.74, 6) is -0.322. The number of nitrogens with zero attached hydrogens (tertiary/aromatic N) is 1. The number of carbonyl (C=O) groups is 2. The van der Waals surface area contributed by atoms with Crippen molar-refractivity contribution >= 4 is 34.0 Å². The molecule has 3 aromatic rings. The van der Waals surface area contributed by atoms with Gasteiger partial charge in [-0.25, -0.2) is 5.43 Å². The Morgan fingerprint density at radius 1 is 0.903 bits per heavy atom. The lowest BCUT2D eigenvalue weighted by Gasteiger charge is -2.19. The number of anilines is 1. The van der Waals surface area contributed by atoms with Crippen LogP contribution in [0.25, 0.3) is 10.8 Å². The van der Waals surface area contributed by atoms with Gasteiger partial charge in [0.2, 0.25) is 11.8 Å². The summed E-state index contributed by atoms with van der Waals surface area (Å²) in [5, 5.41) is 9.31. The summed E-state index contributed by atoms with van der Waals surface area (Å²) in [7, 11) is 0. The van der Waals surface area contributed by atoms with E-state index in [2.05, 4.69) is 21.9 Å². The van der Waals surface area contributed by atoms with Crippen LogP contribution in [0.2, 0.25) is 0 Å². The van der Waals surface area contributed by atoms with Crippen LogP contribution < -0.4 is 10.7 Å². The molecule has 1 aliphatic carbocycles. The van der Waals surface area contributed by atoms with Gasteiger partial charge in [0.05, 0.1) is 12.8 Å². The molecule has 0 bridgehead atoms. The molecule has 0 aromatic heterocycles. The highest BCUT2D eigenvalue weighted by molar-refractivity contribution is 6.06. The maximum absolute atomic E-state index is 12.5. The Morgan fingerprint density at radius 2 is 1.68 bits per heavy atom. The molecule has 5 heteroatoms. The van der Waals surface area contributed by atoms with Gasteiger partial charge in [-0.1, -0.05) is 54.6 Å². The fraction of sp³-hybridized carbons (Fsp3) is 0.269. The average molecular weight is 414 g/mol. The van der Waals surface area contributed by atoms with E-state index in [1.54, 1.807) is 6.92 Å². The predicted molar refractivity (Wildman–Crippen MR) is 125 cm³/mol. The van der Waals surface area contributed by atoms with Crippen LogP contribution in [-0.2, 0) is 28.9 Å². The number of aryl methyl sites for hydroxylation is 1. The van der Waals surface area contributed by atoms with Crippen LogP contribution in [0.1, 0.15) is 42.9 Å². The molecule has 0 saturated carbocycles. The van der Waals surface area contributed by atoms with Gasteiger partial charge in [0, 0.05) is 11.4 Å². The Labute approximate surface area is 182 Å². The molecule has 158 valence electrons. The first-order chi connectivity index (χ1) is 15.1. The van der Waals surface area contributed by atoms with Crippen molar-refractivity contribution in [3.63, 3.8) is 0 Å². The second kappa shape index (κ2) is 9.56. The third-order valence-corrected chi connectivity index (χ3v) is 5.69. The summed E-state index contributed by atoms with van der Waals surface area (Å²) in [6.45, 7) is 1.75. The molecular formula is C26H27N3O2. The van der Waals surface area contributed by atoms with Crippen LogP contribution in [0.4, 0.5) is 5.69 Å². The lowest BCUT2D eigenvalue weighted by molar-refractivity contribution is -0.120. The monoisotopic (exact) mass is 413 g/mol. The fourth-order valence-electron chi connectivity index (χ4n) is 4.18. The van der Waals surface area contributed by atoms with Gasteiger partial charge in [0.15, 0.2) is 0 Å². The second-order valence-electron chi connectivity index (χ2n) is 8.07. The molecule has 0 heterocycles. The third-order valence-electron chi connectivity index (χ3n) is 5.69. The normalized spacial score (nSPS) is 13.5. The van der Waals surface area contributed by atoms with Crippen molar-refractivity contribution in [3.8, 4) is 0 Å². The maximum Gasteiger partial charge on any atom is 0.244 e. The zero-order valence-electron chi connectivity index (χ0n) is 17.8. The van der Waals surface area contributed by atoms with Crippen LogP contribution in [0.5, 0.6) is 0 Å². The topological polar surface area (TPSA) is 70.6 Å². The molecule has 0 unspecified atom stereocenters. The summed E-state index contributed by atoms with van der Waals surface area (Å²) in [4.78, 5) is 24.9. The average Bonchev–Trinajstić information content (AvgIpc) is 2.78. The van der Waals surface area contributed by atoms with E-state index in [0.717, 1.165) is 41.3 Å². The first-order valence-corrected chi connectivity index (χ1v) is 10.8. The maximum atomic E-state index is 12.5. The molecule has 2 N–H and O–H groups in total. The van der Waals surface area contributed by atoms with Crippen molar-refractivity contribution in [1.82, 2.24) is 5.43 Å². The van der Waals surface area contributed by atoms with Crippen molar-refractivity contribution in [2.45, 2.75) is 45.4 Å². The summed E-state index contributed by atoms with van der Waals surface area (Å²) in [6, 6.07) is 20.0. The molecule has 0 radical (unpaired) electrons. The standard InChI is InChI=1S/C26H27N3O2/c1-18(16-25(30)27-24-15-7-11-20-9-3-5-14-23(20)24)28-29-26(31)17-21-12-6-10-19-8-2-4-13-22(19)21/h2,4,6-8,10-13,15H,3,5,9,14,16-17H2,1H3,(H,27,30)(H,29,31)/b28-18+. The van der Waals surface area contributed by atoms with E-state index in [1.807, 2.05) is 54.6 Å². The fourth-order valence-corrected chi connectivity index (χ4v) is 4.18. The largest absolute Gasteiger partial charge is 0.325 e. The molecule has 0 spiro atoms. The number of benzene rings is 3. The molecule has 4 rings (SSSR count). The molecule has 0 saturated heterocycles. The van der Waals surface area contributed by atoms with Gasteiger partial charge >= 0.3 is 0 Å². The predicted octanol–water partition coefficient (Wildman–Crippen LogP) is 4.78. The highest BCUT2D eigenvalue weighted by Gasteiger charge is 2.15. The lowest BCUT2D eigenvalue weighted by atomic mass is 9.90. The molecule has 2 amide bonds. The number of hydrogen-bond acceptors (Lipinski definition) is 3. The number of fused-ring (bicyclic) bond motifs is 2. The summed E-state index contributed by atoms with van der Waals surface area (Å²) >= 11 is 0. The molecule has 1 aliphatic rings. The molecule has 0 atom stereocenters.